The van der Waals surface area contributed by atoms with E-state index in [9.17, 15) is 24.3 Å². The summed E-state index contributed by atoms with van der Waals surface area (Å²) in [6.45, 7) is 8.50. The maximum atomic E-state index is 13.2. The van der Waals surface area contributed by atoms with Crippen molar-refractivity contribution in [2.24, 2.45) is 29.0 Å². The predicted molar refractivity (Wildman–Crippen MR) is 136 cm³/mol. The molecule has 0 spiro atoms. The highest BCUT2D eigenvalue weighted by Crippen LogP contribution is 2.11. The van der Waals surface area contributed by atoms with Gasteiger partial charge in [-0.3, -0.25) is 14.4 Å². The number of nitrogens with two attached hydrogens (primary N) is 3. The highest BCUT2D eigenvalue weighted by atomic mass is 16.4. The van der Waals surface area contributed by atoms with Crippen molar-refractivity contribution in [1.29, 1.82) is 0 Å². The molecule has 0 saturated carbocycles. The van der Waals surface area contributed by atoms with E-state index in [2.05, 4.69) is 16.0 Å². The molecule has 10 N–H and O–H groups in total. The van der Waals surface area contributed by atoms with Crippen molar-refractivity contribution in [3.8, 4) is 0 Å². The standard InChI is InChI=1S/C24H48N6O5/c1-5-16(4)20(27)23(33)30-19(14-15(2)3)22(32)28-17(10-6-8-12-25)21(31)29-18(24(34)35)11-7-9-13-26/h15-20H,5-14,25-27H2,1-4H3,(H,28,32)(H,29,31)(H,30,33)(H,34,35). The Morgan fingerprint density at radius 3 is 1.66 bits per heavy atom. The van der Waals surface area contributed by atoms with Gasteiger partial charge in [0.15, 0.2) is 0 Å². The summed E-state index contributed by atoms with van der Waals surface area (Å²) in [5.41, 5.74) is 17.1. The summed E-state index contributed by atoms with van der Waals surface area (Å²) in [6.07, 6.45) is 4.02. The van der Waals surface area contributed by atoms with E-state index in [1.165, 1.54) is 0 Å². The van der Waals surface area contributed by atoms with Gasteiger partial charge in [0.1, 0.15) is 18.1 Å². The zero-order valence-corrected chi connectivity index (χ0v) is 21.8. The molecule has 0 radical (unpaired) electrons. The van der Waals surface area contributed by atoms with Crippen LogP contribution in [0.3, 0.4) is 0 Å². The SMILES string of the molecule is CCC(C)C(N)C(=O)NC(CC(C)C)C(=O)NC(CCCCN)C(=O)NC(CCCCN)C(=O)O. The number of nitrogens with one attached hydrogen (secondary N) is 3. The van der Waals surface area contributed by atoms with E-state index in [1.807, 2.05) is 27.7 Å². The number of amides is 3. The molecule has 0 saturated heterocycles. The van der Waals surface area contributed by atoms with Crippen molar-refractivity contribution >= 4 is 23.7 Å². The number of carboxylic acid groups (broad SMARTS) is 1. The lowest BCUT2D eigenvalue weighted by Gasteiger charge is -2.27. The van der Waals surface area contributed by atoms with Gasteiger partial charge in [-0.1, -0.05) is 34.1 Å². The molecular weight excluding hydrogens is 452 g/mol. The van der Waals surface area contributed by atoms with Gasteiger partial charge in [-0.15, -0.1) is 0 Å². The molecule has 0 heterocycles. The molecule has 0 aliphatic heterocycles. The quantitative estimate of drug-likeness (QED) is 0.122. The number of aliphatic carboxylic acids is 1. The molecule has 0 aromatic rings. The van der Waals surface area contributed by atoms with Crippen molar-refractivity contribution in [2.45, 2.75) is 103 Å². The summed E-state index contributed by atoms with van der Waals surface area (Å²) >= 11 is 0. The number of rotatable bonds is 19. The summed E-state index contributed by atoms with van der Waals surface area (Å²) < 4.78 is 0. The molecule has 35 heavy (non-hydrogen) atoms. The van der Waals surface area contributed by atoms with Gasteiger partial charge in [0.2, 0.25) is 17.7 Å². The second-order valence-electron chi connectivity index (χ2n) is 9.63. The largest absolute Gasteiger partial charge is 0.480 e. The minimum atomic E-state index is -1.15. The van der Waals surface area contributed by atoms with E-state index >= 15 is 0 Å². The fraction of sp³-hybridized carbons (Fsp3) is 0.833. The van der Waals surface area contributed by atoms with Crippen LogP contribution in [-0.2, 0) is 19.2 Å². The Balaban J connectivity index is 5.50. The predicted octanol–water partition coefficient (Wildman–Crippen LogP) is 0.203. The van der Waals surface area contributed by atoms with Crippen molar-refractivity contribution in [3.05, 3.63) is 0 Å². The molecule has 11 nitrogen and oxygen atoms in total. The maximum absolute atomic E-state index is 13.2. The van der Waals surface area contributed by atoms with E-state index in [0.717, 1.165) is 6.42 Å². The lowest BCUT2D eigenvalue weighted by atomic mass is 9.97. The molecular formula is C24H48N6O5. The summed E-state index contributed by atoms with van der Waals surface area (Å²) in [5.74, 6) is -2.62. The van der Waals surface area contributed by atoms with Crippen LogP contribution in [0.15, 0.2) is 0 Å². The zero-order chi connectivity index (χ0) is 27.0. The van der Waals surface area contributed by atoms with Crippen molar-refractivity contribution in [1.82, 2.24) is 16.0 Å². The third-order valence-electron chi connectivity index (χ3n) is 6.04. The van der Waals surface area contributed by atoms with E-state index in [1.54, 1.807) is 0 Å². The number of carbonyl (C=O) groups excluding carboxylic acids is 3. The van der Waals surface area contributed by atoms with Gasteiger partial charge < -0.3 is 38.3 Å². The molecule has 3 amide bonds. The molecule has 11 heteroatoms. The molecule has 204 valence electrons. The number of hydrogen-bond acceptors (Lipinski definition) is 7. The van der Waals surface area contributed by atoms with Crippen LogP contribution in [-0.4, -0.2) is 66.1 Å². The van der Waals surface area contributed by atoms with Crippen molar-refractivity contribution < 1.29 is 24.3 Å². The first-order chi connectivity index (χ1) is 16.5. The monoisotopic (exact) mass is 500 g/mol. The van der Waals surface area contributed by atoms with Gasteiger partial charge in [-0.2, -0.15) is 0 Å². The van der Waals surface area contributed by atoms with Crippen LogP contribution < -0.4 is 33.2 Å². The summed E-state index contributed by atoms with van der Waals surface area (Å²) in [6, 6.07) is -3.67. The van der Waals surface area contributed by atoms with Crippen LogP contribution in [0.2, 0.25) is 0 Å². The van der Waals surface area contributed by atoms with Crippen LogP contribution in [0.25, 0.3) is 0 Å². The number of hydrogen-bond donors (Lipinski definition) is 7. The highest BCUT2D eigenvalue weighted by molar-refractivity contribution is 5.94. The molecule has 0 aromatic heterocycles. The van der Waals surface area contributed by atoms with E-state index in [-0.39, 0.29) is 18.3 Å². The van der Waals surface area contributed by atoms with Crippen molar-refractivity contribution in [2.75, 3.05) is 13.1 Å². The third-order valence-corrected chi connectivity index (χ3v) is 6.04. The third kappa shape index (κ3) is 13.4. The van der Waals surface area contributed by atoms with Gasteiger partial charge in [-0.05, 0) is 69.9 Å². The number of carboxylic acids is 1. The molecule has 0 aliphatic carbocycles. The molecule has 5 atom stereocenters. The molecule has 0 aliphatic rings. The first kappa shape index (κ1) is 32.8. The van der Waals surface area contributed by atoms with E-state index in [0.29, 0.717) is 51.6 Å². The van der Waals surface area contributed by atoms with E-state index < -0.39 is 47.9 Å². The Morgan fingerprint density at radius 2 is 1.20 bits per heavy atom. The lowest BCUT2D eigenvalue weighted by Crippen LogP contribution is -2.57. The second kappa shape index (κ2) is 18.1. The van der Waals surface area contributed by atoms with Gasteiger partial charge in [0.05, 0.1) is 6.04 Å². The smallest absolute Gasteiger partial charge is 0.326 e. The normalized spacial score (nSPS) is 15.5. The Morgan fingerprint density at radius 1 is 0.743 bits per heavy atom. The molecule has 0 aromatic carbocycles. The maximum Gasteiger partial charge on any atom is 0.326 e. The summed E-state index contributed by atoms with van der Waals surface area (Å²) in [7, 11) is 0. The molecule has 5 unspecified atom stereocenters. The van der Waals surface area contributed by atoms with E-state index in [4.69, 9.17) is 17.2 Å². The Hall–Kier alpha value is -2.24. The van der Waals surface area contributed by atoms with Gasteiger partial charge >= 0.3 is 5.97 Å². The summed E-state index contributed by atoms with van der Waals surface area (Å²) in [4.78, 5) is 50.4. The Kier molecular flexibility index (Phi) is 16.9. The fourth-order valence-electron chi connectivity index (χ4n) is 3.54. The Bertz CT molecular complexity index is 660. The van der Waals surface area contributed by atoms with Crippen LogP contribution in [0, 0.1) is 11.8 Å². The Labute approximate surface area is 209 Å². The minimum Gasteiger partial charge on any atom is -0.480 e. The first-order valence-corrected chi connectivity index (χ1v) is 12.8. The summed E-state index contributed by atoms with van der Waals surface area (Å²) in [5, 5.41) is 17.5. The van der Waals surface area contributed by atoms with Crippen LogP contribution in [0.1, 0.15) is 79.1 Å². The number of carbonyl (C=O) groups is 4. The topological polar surface area (TPSA) is 203 Å². The van der Waals surface area contributed by atoms with Crippen molar-refractivity contribution in [3.63, 3.8) is 0 Å². The zero-order valence-electron chi connectivity index (χ0n) is 21.8. The second-order valence-corrected chi connectivity index (χ2v) is 9.63. The fourth-order valence-corrected chi connectivity index (χ4v) is 3.54. The average Bonchev–Trinajstić information content (AvgIpc) is 2.80. The van der Waals surface area contributed by atoms with Gasteiger partial charge in [0, 0.05) is 0 Å². The van der Waals surface area contributed by atoms with Crippen LogP contribution in [0.4, 0.5) is 0 Å². The molecule has 0 bridgehead atoms. The lowest BCUT2D eigenvalue weighted by molar-refractivity contribution is -0.142. The highest BCUT2D eigenvalue weighted by Gasteiger charge is 2.31. The average molecular weight is 501 g/mol. The van der Waals surface area contributed by atoms with Gasteiger partial charge in [-0.25, -0.2) is 4.79 Å². The molecule has 0 rings (SSSR count). The minimum absolute atomic E-state index is 0.0558. The van der Waals surface area contributed by atoms with Crippen LogP contribution in [0.5, 0.6) is 0 Å². The first-order valence-electron chi connectivity index (χ1n) is 12.8. The number of unbranched alkanes of at least 4 members (excludes halogenated alkanes) is 2. The van der Waals surface area contributed by atoms with Crippen LogP contribution >= 0.6 is 0 Å². The van der Waals surface area contributed by atoms with Gasteiger partial charge in [0.25, 0.3) is 0 Å². The molecule has 0 fully saturated rings.